The number of aryl methyl sites for hydroxylation is 2. The molecule has 1 aliphatic heterocycles. The normalized spacial score (nSPS) is 15.2. The Balaban J connectivity index is 1.69. The van der Waals surface area contributed by atoms with Crippen LogP contribution in [0.25, 0.3) is 6.08 Å². The number of carbonyl (C=O) groups excluding carboxylic acids is 3. The second-order valence-electron chi connectivity index (χ2n) is 7.47. The van der Waals surface area contributed by atoms with Crippen LogP contribution in [-0.4, -0.2) is 34.6 Å². The van der Waals surface area contributed by atoms with Gasteiger partial charge in [0.2, 0.25) is 5.91 Å². The Morgan fingerprint density at radius 2 is 1.90 bits per heavy atom. The molecule has 8 heteroatoms. The summed E-state index contributed by atoms with van der Waals surface area (Å²) in [4.78, 5) is 38.6. The summed E-state index contributed by atoms with van der Waals surface area (Å²) in [5, 5.41) is 2.27. The summed E-state index contributed by atoms with van der Waals surface area (Å²) in [5.41, 5.74) is 3.53. The van der Waals surface area contributed by atoms with Crippen molar-refractivity contribution in [3.05, 3.63) is 62.5 Å². The third-order valence-corrected chi connectivity index (χ3v) is 6.11. The van der Waals surface area contributed by atoms with Gasteiger partial charge in [0.25, 0.3) is 11.1 Å². The van der Waals surface area contributed by atoms with Gasteiger partial charge in [-0.15, -0.1) is 0 Å². The van der Waals surface area contributed by atoms with Crippen molar-refractivity contribution in [2.75, 3.05) is 11.9 Å². The van der Waals surface area contributed by atoms with E-state index >= 15 is 0 Å². The maximum Gasteiger partial charge on any atom is 0.294 e. The molecule has 0 aromatic heterocycles. The molecule has 1 fully saturated rings. The van der Waals surface area contributed by atoms with Crippen molar-refractivity contribution in [1.82, 2.24) is 4.90 Å². The summed E-state index contributed by atoms with van der Waals surface area (Å²) < 4.78 is 6.44. The van der Waals surface area contributed by atoms with Crippen LogP contribution in [0.3, 0.4) is 0 Å². The number of nitrogens with zero attached hydrogens (tertiary/aromatic N) is 1. The average molecular weight is 503 g/mol. The molecule has 0 atom stereocenters. The summed E-state index contributed by atoms with van der Waals surface area (Å²) in [6.07, 6.45) is 1.67. The Labute approximate surface area is 194 Å². The first-order valence-electron chi connectivity index (χ1n) is 9.72. The van der Waals surface area contributed by atoms with Crippen LogP contribution in [0.5, 0.6) is 5.75 Å². The van der Waals surface area contributed by atoms with E-state index < -0.39 is 17.1 Å². The lowest BCUT2D eigenvalue weighted by atomic mass is 10.1. The Morgan fingerprint density at radius 3 is 2.55 bits per heavy atom. The first kappa shape index (κ1) is 23.1. The fraction of sp³-hybridized carbons (Fsp3) is 0.261. The fourth-order valence-corrected chi connectivity index (χ4v) is 4.24. The zero-order chi connectivity index (χ0) is 22.7. The number of ether oxygens (including phenoxy) is 1. The van der Waals surface area contributed by atoms with Crippen LogP contribution in [0.2, 0.25) is 0 Å². The van der Waals surface area contributed by atoms with Crippen molar-refractivity contribution in [3.63, 3.8) is 0 Å². The maximum absolute atomic E-state index is 12.7. The SMILES string of the molecule is Cc1ccc(NC(=O)CN2C(=O)S/C(=C\c3ccc(OC(C)C)c(Br)c3)C2=O)cc1C. The molecule has 0 aliphatic carbocycles. The summed E-state index contributed by atoms with van der Waals surface area (Å²) in [7, 11) is 0. The summed E-state index contributed by atoms with van der Waals surface area (Å²) >= 11 is 4.28. The molecule has 1 aliphatic rings. The van der Waals surface area contributed by atoms with E-state index in [1.54, 1.807) is 18.2 Å². The molecule has 6 nitrogen and oxygen atoms in total. The third kappa shape index (κ3) is 5.77. The van der Waals surface area contributed by atoms with Crippen molar-refractivity contribution in [1.29, 1.82) is 0 Å². The number of benzene rings is 2. The summed E-state index contributed by atoms with van der Waals surface area (Å²) in [5.74, 6) is -0.211. The van der Waals surface area contributed by atoms with Crippen LogP contribution in [0, 0.1) is 13.8 Å². The van der Waals surface area contributed by atoms with E-state index in [1.165, 1.54) is 0 Å². The van der Waals surface area contributed by atoms with Gasteiger partial charge in [-0.1, -0.05) is 12.1 Å². The molecule has 2 aromatic rings. The van der Waals surface area contributed by atoms with Gasteiger partial charge in [0.15, 0.2) is 0 Å². The highest BCUT2D eigenvalue weighted by Gasteiger charge is 2.36. The Bertz CT molecular complexity index is 1080. The second-order valence-corrected chi connectivity index (χ2v) is 9.32. The third-order valence-electron chi connectivity index (χ3n) is 4.58. The smallest absolute Gasteiger partial charge is 0.294 e. The van der Waals surface area contributed by atoms with Gasteiger partial charge in [-0.05, 0) is 102 Å². The lowest BCUT2D eigenvalue weighted by Gasteiger charge is -2.13. The Kier molecular flexibility index (Phi) is 7.23. The van der Waals surface area contributed by atoms with Crippen LogP contribution < -0.4 is 10.1 Å². The fourth-order valence-electron chi connectivity index (χ4n) is 2.91. The minimum absolute atomic E-state index is 0.0358. The summed E-state index contributed by atoms with van der Waals surface area (Å²) in [6.45, 7) is 7.47. The number of rotatable bonds is 6. The molecule has 162 valence electrons. The number of imide groups is 1. The van der Waals surface area contributed by atoms with Gasteiger partial charge in [-0.2, -0.15) is 0 Å². The number of anilines is 1. The molecule has 0 saturated carbocycles. The predicted octanol–water partition coefficient (Wildman–Crippen LogP) is 5.53. The standard InChI is InChI=1S/C23H23BrN2O4S/c1-13(2)30-19-8-6-16(10-18(19)24)11-20-22(28)26(23(29)31-20)12-21(27)25-17-7-5-14(3)15(4)9-17/h5-11,13H,12H2,1-4H3,(H,25,27)/b20-11-. The van der Waals surface area contributed by atoms with Gasteiger partial charge in [0, 0.05) is 5.69 Å². The van der Waals surface area contributed by atoms with Gasteiger partial charge < -0.3 is 10.1 Å². The van der Waals surface area contributed by atoms with Crippen molar-refractivity contribution in [2.24, 2.45) is 0 Å². The first-order chi connectivity index (χ1) is 14.6. The van der Waals surface area contributed by atoms with Crippen molar-refractivity contribution >= 4 is 56.5 Å². The van der Waals surface area contributed by atoms with Crippen molar-refractivity contribution in [2.45, 2.75) is 33.8 Å². The van der Waals surface area contributed by atoms with Gasteiger partial charge in [0.1, 0.15) is 12.3 Å². The minimum atomic E-state index is -0.483. The van der Waals surface area contributed by atoms with E-state index in [0.717, 1.165) is 37.8 Å². The molecular weight excluding hydrogens is 480 g/mol. The average Bonchev–Trinajstić information content (AvgIpc) is 2.94. The van der Waals surface area contributed by atoms with Gasteiger partial charge in [0.05, 0.1) is 15.5 Å². The van der Waals surface area contributed by atoms with Crippen molar-refractivity contribution in [3.8, 4) is 5.75 Å². The highest BCUT2D eigenvalue weighted by atomic mass is 79.9. The van der Waals surface area contributed by atoms with Crippen LogP contribution in [0.1, 0.15) is 30.5 Å². The highest BCUT2D eigenvalue weighted by molar-refractivity contribution is 9.10. The number of amides is 3. The van der Waals surface area contributed by atoms with E-state index in [2.05, 4.69) is 21.2 Å². The Hall–Kier alpha value is -2.58. The second kappa shape index (κ2) is 9.70. The van der Waals surface area contributed by atoms with E-state index in [-0.39, 0.29) is 17.6 Å². The number of hydrogen-bond acceptors (Lipinski definition) is 5. The van der Waals surface area contributed by atoms with E-state index in [4.69, 9.17) is 4.74 Å². The zero-order valence-corrected chi connectivity index (χ0v) is 20.1. The van der Waals surface area contributed by atoms with Gasteiger partial charge in [-0.3, -0.25) is 19.3 Å². The number of nitrogens with one attached hydrogen (secondary N) is 1. The number of thioether (sulfide) groups is 1. The van der Waals surface area contributed by atoms with Crippen molar-refractivity contribution < 1.29 is 19.1 Å². The van der Waals surface area contributed by atoms with Gasteiger partial charge >= 0.3 is 0 Å². The molecule has 31 heavy (non-hydrogen) atoms. The number of hydrogen-bond donors (Lipinski definition) is 1. The lowest BCUT2D eigenvalue weighted by molar-refractivity contribution is -0.127. The highest BCUT2D eigenvalue weighted by Crippen LogP contribution is 2.34. The van der Waals surface area contributed by atoms with E-state index in [0.29, 0.717) is 11.4 Å². The van der Waals surface area contributed by atoms with Crippen LogP contribution in [-0.2, 0) is 9.59 Å². The maximum atomic E-state index is 12.7. The molecule has 0 unspecified atom stereocenters. The summed E-state index contributed by atoms with van der Waals surface area (Å²) in [6, 6.07) is 11.0. The molecular formula is C23H23BrN2O4S. The molecule has 0 radical (unpaired) electrons. The van der Waals surface area contributed by atoms with E-state index in [9.17, 15) is 14.4 Å². The molecule has 3 rings (SSSR count). The first-order valence-corrected chi connectivity index (χ1v) is 11.3. The zero-order valence-electron chi connectivity index (χ0n) is 17.7. The lowest BCUT2D eigenvalue weighted by Crippen LogP contribution is -2.36. The van der Waals surface area contributed by atoms with Crippen LogP contribution in [0.15, 0.2) is 45.8 Å². The van der Waals surface area contributed by atoms with Gasteiger partial charge in [-0.25, -0.2) is 0 Å². The molecule has 1 saturated heterocycles. The molecule has 1 N–H and O–H groups in total. The Morgan fingerprint density at radius 1 is 1.16 bits per heavy atom. The molecule has 3 amide bonds. The van der Waals surface area contributed by atoms with E-state index in [1.807, 2.05) is 52.0 Å². The molecule has 0 spiro atoms. The largest absolute Gasteiger partial charge is 0.490 e. The topological polar surface area (TPSA) is 75.7 Å². The molecule has 0 bridgehead atoms. The van der Waals surface area contributed by atoms with Crippen LogP contribution >= 0.6 is 27.7 Å². The predicted molar refractivity (Wildman–Crippen MR) is 127 cm³/mol. The molecule has 2 aromatic carbocycles. The van der Waals surface area contributed by atoms with Crippen LogP contribution in [0.4, 0.5) is 10.5 Å². The number of carbonyl (C=O) groups is 3. The monoisotopic (exact) mass is 502 g/mol. The molecule has 1 heterocycles. The minimum Gasteiger partial charge on any atom is -0.490 e. The quantitative estimate of drug-likeness (QED) is 0.525. The number of halogens is 1.